The quantitative estimate of drug-likeness (QED) is 0.727. The smallest absolute Gasteiger partial charge is 0.0991 e. The van der Waals surface area contributed by atoms with Gasteiger partial charge in [0, 0.05) is 6.54 Å². The van der Waals surface area contributed by atoms with Crippen molar-refractivity contribution in [3.8, 4) is 6.07 Å². The van der Waals surface area contributed by atoms with Gasteiger partial charge >= 0.3 is 0 Å². The largest absolute Gasteiger partial charge is 0.387 e. The van der Waals surface area contributed by atoms with Crippen LogP contribution in [0.15, 0.2) is 24.3 Å². The lowest BCUT2D eigenvalue weighted by atomic mass is 10.1. The van der Waals surface area contributed by atoms with E-state index in [1.54, 1.807) is 24.3 Å². The van der Waals surface area contributed by atoms with Gasteiger partial charge in [-0.3, -0.25) is 0 Å². The molecular formula is C15H22N2O. The van der Waals surface area contributed by atoms with Gasteiger partial charge in [-0.05, 0) is 43.0 Å². The normalized spacial score (nSPS) is 12.4. The minimum absolute atomic E-state index is 0.503. The van der Waals surface area contributed by atoms with Crippen LogP contribution < -0.4 is 5.32 Å². The molecule has 3 nitrogen and oxygen atoms in total. The second-order valence-corrected chi connectivity index (χ2v) is 4.99. The number of aliphatic hydroxyl groups is 1. The molecular weight excluding hydrogens is 224 g/mol. The number of hydrogen-bond donors (Lipinski definition) is 2. The number of nitrogens with one attached hydrogen (secondary N) is 1. The highest BCUT2D eigenvalue weighted by atomic mass is 16.3. The molecule has 0 bridgehead atoms. The maximum atomic E-state index is 9.95. The van der Waals surface area contributed by atoms with Gasteiger partial charge in [-0.2, -0.15) is 5.26 Å². The van der Waals surface area contributed by atoms with E-state index in [9.17, 15) is 5.11 Å². The molecule has 0 heterocycles. The summed E-state index contributed by atoms with van der Waals surface area (Å²) in [4.78, 5) is 0. The van der Waals surface area contributed by atoms with Gasteiger partial charge in [-0.15, -0.1) is 0 Å². The molecule has 0 aliphatic carbocycles. The average Bonchev–Trinajstić information content (AvgIpc) is 2.38. The zero-order chi connectivity index (χ0) is 13.4. The minimum atomic E-state index is -0.503. The molecule has 0 radical (unpaired) electrons. The summed E-state index contributed by atoms with van der Waals surface area (Å²) in [6.45, 7) is 5.92. The molecule has 1 unspecified atom stereocenters. The van der Waals surface area contributed by atoms with Crippen molar-refractivity contribution in [2.24, 2.45) is 5.92 Å². The van der Waals surface area contributed by atoms with E-state index in [2.05, 4.69) is 25.2 Å². The topological polar surface area (TPSA) is 56.0 Å². The number of hydrogen-bond acceptors (Lipinski definition) is 3. The van der Waals surface area contributed by atoms with Crippen molar-refractivity contribution in [3.63, 3.8) is 0 Å². The summed E-state index contributed by atoms with van der Waals surface area (Å²) in [6.07, 6.45) is 1.84. The lowest BCUT2D eigenvalue weighted by Crippen LogP contribution is -2.22. The van der Waals surface area contributed by atoms with Gasteiger partial charge in [0.2, 0.25) is 0 Å². The van der Waals surface area contributed by atoms with Crippen molar-refractivity contribution >= 4 is 0 Å². The first-order valence-electron chi connectivity index (χ1n) is 6.52. The fourth-order valence-corrected chi connectivity index (χ4v) is 1.77. The van der Waals surface area contributed by atoms with Gasteiger partial charge in [-0.25, -0.2) is 0 Å². The molecule has 1 aromatic carbocycles. The molecule has 0 saturated carbocycles. The fraction of sp³-hybridized carbons (Fsp3) is 0.533. The van der Waals surface area contributed by atoms with Crippen molar-refractivity contribution in [1.29, 1.82) is 5.26 Å². The summed E-state index contributed by atoms with van der Waals surface area (Å²) < 4.78 is 0. The molecule has 0 amide bonds. The van der Waals surface area contributed by atoms with E-state index in [1.807, 2.05) is 0 Å². The maximum Gasteiger partial charge on any atom is 0.0991 e. The lowest BCUT2D eigenvalue weighted by molar-refractivity contribution is 0.174. The first-order valence-corrected chi connectivity index (χ1v) is 6.52. The summed E-state index contributed by atoms with van der Waals surface area (Å²) in [5, 5.41) is 21.9. The third-order valence-electron chi connectivity index (χ3n) is 2.90. The third kappa shape index (κ3) is 5.31. The highest BCUT2D eigenvalue weighted by Gasteiger charge is 2.06. The second kappa shape index (κ2) is 7.86. The Labute approximate surface area is 109 Å². The molecule has 0 fully saturated rings. The molecule has 0 aromatic heterocycles. The van der Waals surface area contributed by atoms with Crippen molar-refractivity contribution in [2.75, 3.05) is 13.1 Å². The monoisotopic (exact) mass is 246 g/mol. The summed E-state index contributed by atoms with van der Waals surface area (Å²) in [5.41, 5.74) is 1.47. The fourth-order valence-electron chi connectivity index (χ4n) is 1.77. The molecule has 0 aliphatic heterocycles. The molecule has 1 aromatic rings. The van der Waals surface area contributed by atoms with Crippen LogP contribution in [0.2, 0.25) is 0 Å². The van der Waals surface area contributed by atoms with Crippen LogP contribution in [0.4, 0.5) is 0 Å². The summed E-state index contributed by atoms with van der Waals surface area (Å²) in [5.74, 6) is 0.732. The van der Waals surface area contributed by atoms with Crippen LogP contribution in [0.1, 0.15) is 43.9 Å². The van der Waals surface area contributed by atoms with Gasteiger partial charge in [0.15, 0.2) is 0 Å². The van der Waals surface area contributed by atoms with Gasteiger partial charge < -0.3 is 10.4 Å². The van der Waals surface area contributed by atoms with Crippen LogP contribution in [-0.4, -0.2) is 18.2 Å². The zero-order valence-corrected chi connectivity index (χ0v) is 11.2. The van der Waals surface area contributed by atoms with Crippen molar-refractivity contribution < 1.29 is 5.11 Å². The first-order chi connectivity index (χ1) is 8.63. The van der Waals surface area contributed by atoms with Crippen LogP contribution in [0, 0.1) is 17.2 Å². The van der Waals surface area contributed by atoms with Crippen LogP contribution in [0.25, 0.3) is 0 Å². The van der Waals surface area contributed by atoms with E-state index in [1.165, 1.54) is 6.42 Å². The molecule has 1 rings (SSSR count). The molecule has 3 heteroatoms. The third-order valence-corrected chi connectivity index (χ3v) is 2.90. The summed E-state index contributed by atoms with van der Waals surface area (Å²) in [6, 6.07) is 9.14. The van der Waals surface area contributed by atoms with Crippen molar-refractivity contribution in [1.82, 2.24) is 5.32 Å². The Kier molecular flexibility index (Phi) is 6.42. The Balaban J connectivity index is 2.27. The SMILES string of the molecule is CC(C)CCCNCC(O)c1ccc(C#N)cc1. The zero-order valence-electron chi connectivity index (χ0n) is 11.2. The van der Waals surface area contributed by atoms with Crippen molar-refractivity contribution in [3.05, 3.63) is 35.4 Å². The summed E-state index contributed by atoms with van der Waals surface area (Å²) >= 11 is 0. The van der Waals surface area contributed by atoms with Gasteiger partial charge in [-0.1, -0.05) is 26.0 Å². The second-order valence-electron chi connectivity index (χ2n) is 4.99. The van der Waals surface area contributed by atoms with Crippen LogP contribution >= 0.6 is 0 Å². The van der Waals surface area contributed by atoms with Gasteiger partial charge in [0.05, 0.1) is 17.7 Å². The molecule has 1 atom stereocenters. The van der Waals surface area contributed by atoms with Crippen LogP contribution in [-0.2, 0) is 0 Å². The molecule has 0 aliphatic rings. The number of benzene rings is 1. The van der Waals surface area contributed by atoms with E-state index in [-0.39, 0.29) is 0 Å². The number of rotatable bonds is 7. The van der Waals surface area contributed by atoms with E-state index >= 15 is 0 Å². The van der Waals surface area contributed by atoms with Crippen LogP contribution in [0.3, 0.4) is 0 Å². The van der Waals surface area contributed by atoms with E-state index in [4.69, 9.17) is 5.26 Å². The van der Waals surface area contributed by atoms with Crippen molar-refractivity contribution in [2.45, 2.75) is 32.8 Å². The van der Waals surface area contributed by atoms with E-state index in [0.29, 0.717) is 12.1 Å². The predicted octanol–water partition coefficient (Wildman–Crippen LogP) is 2.62. The Morgan fingerprint density at radius 3 is 2.50 bits per heavy atom. The number of nitrogens with zero attached hydrogens (tertiary/aromatic N) is 1. The average molecular weight is 246 g/mol. The first kappa shape index (κ1) is 14.7. The lowest BCUT2D eigenvalue weighted by Gasteiger charge is -2.12. The summed E-state index contributed by atoms with van der Waals surface area (Å²) in [7, 11) is 0. The number of nitriles is 1. The predicted molar refractivity (Wildman–Crippen MR) is 73.1 cm³/mol. The van der Waals surface area contributed by atoms with Crippen LogP contribution in [0.5, 0.6) is 0 Å². The number of aliphatic hydroxyl groups excluding tert-OH is 1. The maximum absolute atomic E-state index is 9.95. The highest BCUT2D eigenvalue weighted by Crippen LogP contribution is 2.12. The van der Waals surface area contributed by atoms with Gasteiger partial charge in [0.1, 0.15) is 0 Å². The standard InChI is InChI=1S/C15H22N2O/c1-12(2)4-3-9-17-11-15(18)14-7-5-13(10-16)6-8-14/h5-8,12,15,17-18H,3-4,9,11H2,1-2H3. The Hall–Kier alpha value is -1.37. The molecule has 98 valence electrons. The molecule has 2 N–H and O–H groups in total. The van der Waals surface area contributed by atoms with E-state index in [0.717, 1.165) is 24.4 Å². The minimum Gasteiger partial charge on any atom is -0.387 e. The molecule has 0 saturated heterocycles. The Morgan fingerprint density at radius 1 is 1.28 bits per heavy atom. The Morgan fingerprint density at radius 2 is 1.94 bits per heavy atom. The molecule has 0 spiro atoms. The van der Waals surface area contributed by atoms with E-state index < -0.39 is 6.10 Å². The van der Waals surface area contributed by atoms with Gasteiger partial charge in [0.25, 0.3) is 0 Å². The molecule has 18 heavy (non-hydrogen) atoms. The Bertz CT molecular complexity index is 378. The highest BCUT2D eigenvalue weighted by molar-refractivity contribution is 5.32.